The largest absolute Gasteiger partial charge is 0.360 e. The SMILES string of the molecule is NCC#Cc1ccc(C(=O)NCc2ccno2)nc1. The fourth-order valence-corrected chi connectivity index (χ4v) is 1.35. The molecule has 0 atom stereocenters. The van der Waals surface area contributed by atoms with Crippen LogP contribution in [-0.2, 0) is 6.54 Å². The van der Waals surface area contributed by atoms with Gasteiger partial charge in [-0.2, -0.15) is 0 Å². The Balaban J connectivity index is 1.95. The van der Waals surface area contributed by atoms with Crippen LogP contribution >= 0.6 is 0 Å². The Kier molecular flexibility index (Phi) is 4.26. The molecule has 0 aliphatic rings. The van der Waals surface area contributed by atoms with Crippen LogP contribution < -0.4 is 11.1 Å². The van der Waals surface area contributed by atoms with E-state index in [9.17, 15) is 4.79 Å². The fourth-order valence-electron chi connectivity index (χ4n) is 1.35. The summed E-state index contributed by atoms with van der Waals surface area (Å²) in [6, 6.07) is 5.01. The van der Waals surface area contributed by atoms with Crippen LogP contribution in [0.3, 0.4) is 0 Å². The lowest BCUT2D eigenvalue weighted by atomic mass is 10.2. The summed E-state index contributed by atoms with van der Waals surface area (Å²) < 4.78 is 4.87. The maximum Gasteiger partial charge on any atom is 0.270 e. The highest BCUT2D eigenvalue weighted by Gasteiger charge is 2.07. The van der Waals surface area contributed by atoms with Gasteiger partial charge < -0.3 is 15.6 Å². The van der Waals surface area contributed by atoms with Crippen molar-refractivity contribution in [2.75, 3.05) is 6.54 Å². The minimum Gasteiger partial charge on any atom is -0.360 e. The molecule has 2 heterocycles. The quantitative estimate of drug-likeness (QED) is 0.771. The Morgan fingerprint density at radius 2 is 2.32 bits per heavy atom. The van der Waals surface area contributed by atoms with Gasteiger partial charge in [0.1, 0.15) is 5.69 Å². The van der Waals surface area contributed by atoms with Crippen LogP contribution in [0.4, 0.5) is 0 Å². The first kappa shape index (κ1) is 12.8. The molecule has 6 nitrogen and oxygen atoms in total. The molecular formula is C13H12N4O2. The van der Waals surface area contributed by atoms with Gasteiger partial charge >= 0.3 is 0 Å². The van der Waals surface area contributed by atoms with Crippen LogP contribution in [0.1, 0.15) is 21.8 Å². The van der Waals surface area contributed by atoms with E-state index < -0.39 is 0 Å². The highest BCUT2D eigenvalue weighted by Crippen LogP contribution is 2.00. The van der Waals surface area contributed by atoms with Crippen LogP contribution in [0.25, 0.3) is 0 Å². The Morgan fingerprint density at radius 3 is 2.95 bits per heavy atom. The first-order valence-corrected chi connectivity index (χ1v) is 5.62. The third-order valence-corrected chi connectivity index (χ3v) is 2.25. The number of hydrogen-bond donors (Lipinski definition) is 2. The molecule has 96 valence electrons. The molecule has 2 aromatic heterocycles. The van der Waals surface area contributed by atoms with Gasteiger partial charge in [0.15, 0.2) is 5.76 Å². The van der Waals surface area contributed by atoms with Crippen molar-refractivity contribution >= 4 is 5.91 Å². The van der Waals surface area contributed by atoms with Crippen LogP contribution in [0.5, 0.6) is 0 Å². The predicted octanol–water partition coefficient (Wildman–Crippen LogP) is 0.310. The van der Waals surface area contributed by atoms with Crippen molar-refractivity contribution < 1.29 is 9.32 Å². The van der Waals surface area contributed by atoms with Gasteiger partial charge in [0.25, 0.3) is 5.91 Å². The van der Waals surface area contributed by atoms with Gasteiger partial charge in [0.2, 0.25) is 0 Å². The van der Waals surface area contributed by atoms with Gasteiger partial charge in [-0.25, -0.2) is 4.98 Å². The Hall–Kier alpha value is -2.65. The summed E-state index contributed by atoms with van der Waals surface area (Å²) in [5, 5.41) is 6.22. The summed E-state index contributed by atoms with van der Waals surface area (Å²) in [4.78, 5) is 15.8. The zero-order valence-corrected chi connectivity index (χ0v) is 10.1. The second-order valence-electron chi connectivity index (χ2n) is 3.60. The number of carbonyl (C=O) groups excluding carboxylic acids is 1. The molecule has 1 amide bonds. The molecule has 6 heteroatoms. The van der Waals surface area contributed by atoms with Crippen molar-refractivity contribution in [3.63, 3.8) is 0 Å². The predicted molar refractivity (Wildman–Crippen MR) is 67.8 cm³/mol. The van der Waals surface area contributed by atoms with Crippen molar-refractivity contribution in [3.8, 4) is 11.8 Å². The zero-order chi connectivity index (χ0) is 13.5. The molecule has 0 unspecified atom stereocenters. The van der Waals surface area contributed by atoms with E-state index in [1.54, 1.807) is 18.2 Å². The number of amides is 1. The molecule has 2 aromatic rings. The number of carbonyl (C=O) groups is 1. The summed E-state index contributed by atoms with van der Waals surface area (Å²) >= 11 is 0. The summed E-state index contributed by atoms with van der Waals surface area (Å²) in [5.74, 6) is 5.85. The Bertz CT molecular complexity index is 594. The minimum atomic E-state index is -0.283. The maximum absolute atomic E-state index is 11.8. The van der Waals surface area contributed by atoms with E-state index in [1.165, 1.54) is 12.4 Å². The molecule has 0 aromatic carbocycles. The lowest BCUT2D eigenvalue weighted by Crippen LogP contribution is -2.23. The first-order valence-electron chi connectivity index (χ1n) is 5.62. The molecule has 2 rings (SSSR count). The van der Waals surface area contributed by atoms with Crippen LogP contribution in [-0.4, -0.2) is 22.6 Å². The minimum absolute atomic E-state index is 0.273. The normalized spacial score (nSPS) is 9.53. The fraction of sp³-hybridized carbons (Fsp3) is 0.154. The molecule has 0 saturated carbocycles. The molecule has 0 saturated heterocycles. The monoisotopic (exact) mass is 256 g/mol. The highest BCUT2D eigenvalue weighted by molar-refractivity contribution is 5.92. The van der Waals surface area contributed by atoms with Gasteiger partial charge in [-0.1, -0.05) is 17.0 Å². The Morgan fingerprint density at radius 1 is 1.42 bits per heavy atom. The third kappa shape index (κ3) is 3.66. The van der Waals surface area contributed by atoms with Gasteiger partial charge in [0, 0.05) is 17.8 Å². The lowest BCUT2D eigenvalue weighted by Gasteiger charge is -2.01. The van der Waals surface area contributed by atoms with E-state index in [-0.39, 0.29) is 12.5 Å². The van der Waals surface area contributed by atoms with Crippen LogP contribution in [0.15, 0.2) is 35.1 Å². The van der Waals surface area contributed by atoms with Crippen molar-refractivity contribution in [2.24, 2.45) is 5.73 Å². The molecule has 3 N–H and O–H groups in total. The summed E-state index contributed by atoms with van der Waals surface area (Å²) in [5.41, 5.74) is 6.31. The van der Waals surface area contributed by atoms with Gasteiger partial charge in [-0.15, -0.1) is 0 Å². The van der Waals surface area contributed by atoms with Gasteiger partial charge in [0.05, 0.1) is 19.3 Å². The van der Waals surface area contributed by atoms with Crippen LogP contribution in [0.2, 0.25) is 0 Å². The number of nitrogens with two attached hydrogens (primary N) is 1. The maximum atomic E-state index is 11.8. The average molecular weight is 256 g/mol. The molecule has 0 aliphatic heterocycles. The first-order chi connectivity index (χ1) is 9.29. The van der Waals surface area contributed by atoms with E-state index in [4.69, 9.17) is 10.3 Å². The number of pyridine rings is 1. The van der Waals surface area contributed by atoms with Gasteiger partial charge in [-0.05, 0) is 12.1 Å². The van der Waals surface area contributed by atoms with Gasteiger partial charge in [-0.3, -0.25) is 4.79 Å². The van der Waals surface area contributed by atoms with Crippen molar-refractivity contribution in [1.82, 2.24) is 15.5 Å². The standard InChI is InChI=1S/C13H12N4O2/c14-6-1-2-10-3-4-12(15-8-10)13(18)16-9-11-5-7-17-19-11/h3-5,7-8H,6,9,14H2,(H,16,18). The number of hydrogen-bond acceptors (Lipinski definition) is 5. The average Bonchev–Trinajstić information content (AvgIpc) is 2.96. The summed E-state index contributed by atoms with van der Waals surface area (Å²) in [7, 11) is 0. The molecule has 19 heavy (non-hydrogen) atoms. The smallest absolute Gasteiger partial charge is 0.270 e. The van der Waals surface area contributed by atoms with Crippen LogP contribution in [0, 0.1) is 11.8 Å². The van der Waals surface area contributed by atoms with E-state index in [1.807, 2.05) is 0 Å². The second kappa shape index (κ2) is 6.33. The lowest BCUT2D eigenvalue weighted by molar-refractivity contribution is 0.0942. The molecule has 0 bridgehead atoms. The van der Waals surface area contributed by atoms with E-state index in [0.717, 1.165) is 5.56 Å². The molecular weight excluding hydrogens is 244 g/mol. The number of nitrogens with zero attached hydrogens (tertiary/aromatic N) is 2. The highest BCUT2D eigenvalue weighted by atomic mass is 16.5. The molecule has 0 radical (unpaired) electrons. The molecule has 0 spiro atoms. The topological polar surface area (TPSA) is 94.0 Å². The van der Waals surface area contributed by atoms with Crippen molar-refractivity contribution in [2.45, 2.75) is 6.54 Å². The Labute approximate surface area is 110 Å². The van der Waals surface area contributed by atoms with Crippen molar-refractivity contribution in [1.29, 1.82) is 0 Å². The number of aromatic nitrogens is 2. The number of rotatable bonds is 3. The molecule has 0 aliphatic carbocycles. The molecule has 0 fully saturated rings. The summed E-state index contributed by atoms with van der Waals surface area (Å²) in [6.45, 7) is 0.564. The van der Waals surface area contributed by atoms with Crippen molar-refractivity contribution in [3.05, 3.63) is 47.6 Å². The summed E-state index contributed by atoms with van der Waals surface area (Å²) in [6.07, 6.45) is 3.05. The third-order valence-electron chi connectivity index (χ3n) is 2.25. The van der Waals surface area contributed by atoms with E-state index in [2.05, 4.69) is 27.3 Å². The van der Waals surface area contributed by atoms with E-state index >= 15 is 0 Å². The zero-order valence-electron chi connectivity index (χ0n) is 10.1. The number of nitrogens with one attached hydrogen (secondary N) is 1. The second-order valence-corrected chi connectivity index (χ2v) is 3.60. The van der Waals surface area contributed by atoms with E-state index in [0.29, 0.717) is 18.0 Å².